The average molecular weight is 279 g/mol. The van der Waals surface area contributed by atoms with Crippen LogP contribution in [0.1, 0.15) is 44.6 Å². The summed E-state index contributed by atoms with van der Waals surface area (Å²) in [7, 11) is 3.26. The third kappa shape index (κ3) is 2.70. The lowest BCUT2D eigenvalue weighted by atomic mass is 9.77. The van der Waals surface area contributed by atoms with Crippen molar-refractivity contribution in [3.8, 4) is 17.2 Å². The molecule has 4 nitrogen and oxygen atoms in total. The molecule has 0 heterocycles. The summed E-state index contributed by atoms with van der Waals surface area (Å²) in [6, 6.07) is 3.94. The van der Waals surface area contributed by atoms with E-state index in [1.54, 1.807) is 14.2 Å². The second kappa shape index (κ2) is 6.35. The second-order valence-corrected chi connectivity index (χ2v) is 5.33. The van der Waals surface area contributed by atoms with Crippen molar-refractivity contribution in [2.45, 2.75) is 44.6 Å². The highest BCUT2D eigenvalue weighted by Crippen LogP contribution is 2.47. The Hall–Kier alpha value is -1.42. The molecule has 1 aliphatic carbocycles. The highest BCUT2D eigenvalue weighted by atomic mass is 16.5. The Morgan fingerprint density at radius 1 is 1.05 bits per heavy atom. The predicted octanol–water partition coefficient (Wildman–Crippen LogP) is 3.22. The van der Waals surface area contributed by atoms with Crippen LogP contribution in [0.3, 0.4) is 0 Å². The van der Waals surface area contributed by atoms with Gasteiger partial charge in [0.25, 0.3) is 0 Å². The second-order valence-electron chi connectivity index (χ2n) is 5.33. The van der Waals surface area contributed by atoms with E-state index in [0.29, 0.717) is 18.1 Å². The zero-order chi connectivity index (χ0) is 14.6. The van der Waals surface area contributed by atoms with Crippen LogP contribution in [0.15, 0.2) is 12.1 Å². The smallest absolute Gasteiger partial charge is 0.203 e. The quantitative estimate of drug-likeness (QED) is 0.899. The minimum absolute atomic E-state index is 0.317. The summed E-state index contributed by atoms with van der Waals surface area (Å²) >= 11 is 0. The number of hydrogen-bond donors (Lipinski definition) is 1. The number of hydrogen-bond acceptors (Lipinski definition) is 4. The van der Waals surface area contributed by atoms with Crippen molar-refractivity contribution in [3.63, 3.8) is 0 Å². The molecule has 112 valence electrons. The maximum Gasteiger partial charge on any atom is 0.203 e. The van der Waals surface area contributed by atoms with E-state index < -0.39 is 0 Å². The van der Waals surface area contributed by atoms with Gasteiger partial charge in [0.2, 0.25) is 5.75 Å². The van der Waals surface area contributed by atoms with Crippen molar-refractivity contribution < 1.29 is 14.2 Å². The Morgan fingerprint density at radius 3 is 2.30 bits per heavy atom. The van der Waals surface area contributed by atoms with Gasteiger partial charge in [-0.2, -0.15) is 0 Å². The summed E-state index contributed by atoms with van der Waals surface area (Å²) in [5.74, 6) is 2.06. The zero-order valence-corrected chi connectivity index (χ0v) is 12.7. The van der Waals surface area contributed by atoms with Crippen LogP contribution in [0.2, 0.25) is 0 Å². The SMILES string of the molecule is CCOc1c(C2(N)CCCCC2)ccc(OC)c1OC. The van der Waals surface area contributed by atoms with Crippen LogP contribution >= 0.6 is 0 Å². The summed E-state index contributed by atoms with van der Waals surface area (Å²) in [4.78, 5) is 0. The monoisotopic (exact) mass is 279 g/mol. The molecule has 20 heavy (non-hydrogen) atoms. The topological polar surface area (TPSA) is 53.7 Å². The Kier molecular flexibility index (Phi) is 4.76. The molecule has 2 rings (SSSR count). The maximum absolute atomic E-state index is 6.65. The van der Waals surface area contributed by atoms with Gasteiger partial charge in [-0.15, -0.1) is 0 Å². The van der Waals surface area contributed by atoms with Gasteiger partial charge in [-0.3, -0.25) is 0 Å². The standard InChI is InChI=1S/C16H25NO3/c1-4-20-14-12(16(17)10-6-5-7-11-16)8-9-13(18-2)15(14)19-3/h8-9H,4-7,10-11,17H2,1-3H3. The Balaban J connectivity index is 2.51. The lowest BCUT2D eigenvalue weighted by Crippen LogP contribution is -2.39. The van der Waals surface area contributed by atoms with Crippen LogP contribution in [-0.4, -0.2) is 20.8 Å². The zero-order valence-electron chi connectivity index (χ0n) is 12.7. The van der Waals surface area contributed by atoms with E-state index in [-0.39, 0.29) is 5.54 Å². The Morgan fingerprint density at radius 2 is 1.75 bits per heavy atom. The molecular formula is C16H25NO3. The van der Waals surface area contributed by atoms with Crippen molar-refractivity contribution in [1.82, 2.24) is 0 Å². The number of benzene rings is 1. The third-order valence-corrected chi connectivity index (χ3v) is 4.07. The third-order valence-electron chi connectivity index (χ3n) is 4.07. The van der Waals surface area contributed by atoms with E-state index in [2.05, 4.69) is 0 Å². The first kappa shape index (κ1) is 15.0. The normalized spacial score (nSPS) is 17.6. The van der Waals surface area contributed by atoms with Crippen LogP contribution in [0.5, 0.6) is 17.2 Å². The molecule has 0 bridgehead atoms. The van der Waals surface area contributed by atoms with E-state index in [4.69, 9.17) is 19.9 Å². The fourth-order valence-corrected chi connectivity index (χ4v) is 3.03. The molecule has 4 heteroatoms. The summed E-state index contributed by atoms with van der Waals surface area (Å²) in [6.45, 7) is 2.54. The van der Waals surface area contributed by atoms with Crippen LogP contribution in [0.25, 0.3) is 0 Å². The highest BCUT2D eigenvalue weighted by molar-refractivity contribution is 5.57. The lowest BCUT2D eigenvalue weighted by Gasteiger charge is -2.35. The maximum atomic E-state index is 6.65. The number of rotatable bonds is 5. The number of ether oxygens (including phenoxy) is 3. The van der Waals surface area contributed by atoms with E-state index in [1.165, 1.54) is 6.42 Å². The minimum Gasteiger partial charge on any atom is -0.493 e. The van der Waals surface area contributed by atoms with Crippen molar-refractivity contribution in [2.24, 2.45) is 5.73 Å². The first-order valence-corrected chi connectivity index (χ1v) is 7.33. The largest absolute Gasteiger partial charge is 0.493 e. The van der Waals surface area contributed by atoms with Crippen LogP contribution in [0, 0.1) is 0 Å². The van der Waals surface area contributed by atoms with Gasteiger partial charge >= 0.3 is 0 Å². The van der Waals surface area contributed by atoms with Gasteiger partial charge in [-0.05, 0) is 31.9 Å². The average Bonchev–Trinajstić information content (AvgIpc) is 2.47. The molecule has 1 aromatic carbocycles. The van der Waals surface area contributed by atoms with Crippen molar-refractivity contribution in [1.29, 1.82) is 0 Å². The molecule has 0 unspecified atom stereocenters. The molecule has 0 spiro atoms. The van der Waals surface area contributed by atoms with E-state index in [0.717, 1.165) is 37.0 Å². The van der Waals surface area contributed by atoms with Crippen molar-refractivity contribution in [2.75, 3.05) is 20.8 Å². The number of nitrogens with two attached hydrogens (primary N) is 1. The molecule has 1 aromatic rings. The molecule has 1 aliphatic rings. The van der Waals surface area contributed by atoms with Gasteiger partial charge in [0.1, 0.15) is 0 Å². The van der Waals surface area contributed by atoms with Gasteiger partial charge in [0, 0.05) is 11.1 Å². The molecule has 0 atom stereocenters. The highest BCUT2D eigenvalue weighted by Gasteiger charge is 2.34. The van der Waals surface area contributed by atoms with Gasteiger partial charge in [0.15, 0.2) is 11.5 Å². The predicted molar refractivity (Wildman–Crippen MR) is 79.7 cm³/mol. The molecule has 0 aliphatic heterocycles. The first-order valence-electron chi connectivity index (χ1n) is 7.33. The van der Waals surface area contributed by atoms with Crippen molar-refractivity contribution >= 4 is 0 Å². The molecule has 2 N–H and O–H groups in total. The van der Waals surface area contributed by atoms with Gasteiger partial charge in [-0.1, -0.05) is 19.3 Å². The molecule has 0 saturated heterocycles. The molecule has 1 saturated carbocycles. The summed E-state index contributed by atoms with van der Waals surface area (Å²) in [5, 5.41) is 0. The fraction of sp³-hybridized carbons (Fsp3) is 0.625. The van der Waals surface area contributed by atoms with Gasteiger partial charge in [0.05, 0.1) is 20.8 Å². The van der Waals surface area contributed by atoms with E-state index in [1.807, 2.05) is 19.1 Å². The fourth-order valence-electron chi connectivity index (χ4n) is 3.03. The molecule has 0 aromatic heterocycles. The van der Waals surface area contributed by atoms with Crippen molar-refractivity contribution in [3.05, 3.63) is 17.7 Å². The summed E-state index contributed by atoms with van der Waals surface area (Å²) < 4.78 is 16.7. The molecule has 0 amide bonds. The Labute approximate surface area is 121 Å². The molecular weight excluding hydrogens is 254 g/mol. The number of methoxy groups -OCH3 is 2. The molecule has 1 fully saturated rings. The summed E-state index contributed by atoms with van der Waals surface area (Å²) in [6.07, 6.45) is 5.56. The van der Waals surface area contributed by atoms with Crippen LogP contribution in [-0.2, 0) is 5.54 Å². The Bertz CT molecular complexity index is 453. The van der Waals surface area contributed by atoms with Crippen LogP contribution < -0.4 is 19.9 Å². The van der Waals surface area contributed by atoms with E-state index in [9.17, 15) is 0 Å². The first-order chi connectivity index (χ1) is 9.66. The minimum atomic E-state index is -0.317. The van der Waals surface area contributed by atoms with E-state index >= 15 is 0 Å². The molecule has 0 radical (unpaired) electrons. The van der Waals surface area contributed by atoms with Gasteiger partial charge in [-0.25, -0.2) is 0 Å². The lowest BCUT2D eigenvalue weighted by molar-refractivity contribution is 0.261. The van der Waals surface area contributed by atoms with Crippen LogP contribution in [0.4, 0.5) is 0 Å². The van der Waals surface area contributed by atoms with Gasteiger partial charge < -0.3 is 19.9 Å². The summed E-state index contributed by atoms with van der Waals surface area (Å²) in [5.41, 5.74) is 7.37.